The number of rotatable bonds is 8. The molecule has 0 aromatic heterocycles. The summed E-state index contributed by atoms with van der Waals surface area (Å²) in [5, 5.41) is 2.88. The van der Waals surface area contributed by atoms with Gasteiger partial charge < -0.3 is 15.0 Å². The Kier molecular flexibility index (Phi) is 7.21. The first-order valence-corrected chi connectivity index (χ1v) is 8.83. The van der Waals surface area contributed by atoms with Crippen LogP contribution in [0.2, 0.25) is 0 Å². The van der Waals surface area contributed by atoms with E-state index in [0.29, 0.717) is 31.9 Å². The molecule has 0 aliphatic heterocycles. The average Bonchev–Trinajstić information content (AvgIpc) is 2.61. The first kappa shape index (κ1) is 19.5. The van der Waals surface area contributed by atoms with Gasteiger partial charge in [0.25, 0.3) is 0 Å². The van der Waals surface area contributed by atoms with Crippen LogP contribution in [0.4, 0.5) is 5.69 Å². The highest BCUT2D eigenvalue weighted by molar-refractivity contribution is 5.93. The topological polar surface area (TPSA) is 58.6 Å². The van der Waals surface area contributed by atoms with Gasteiger partial charge in [-0.25, -0.2) is 0 Å². The third-order valence-electron chi connectivity index (χ3n) is 3.98. The molecular weight excluding hydrogens is 328 g/mol. The van der Waals surface area contributed by atoms with Gasteiger partial charge in [0.2, 0.25) is 11.8 Å². The van der Waals surface area contributed by atoms with Crippen molar-refractivity contribution in [2.45, 2.75) is 27.2 Å². The van der Waals surface area contributed by atoms with Crippen LogP contribution >= 0.6 is 0 Å². The molecule has 2 aromatic rings. The smallest absolute Gasteiger partial charge is 0.224 e. The van der Waals surface area contributed by atoms with Crippen LogP contribution < -0.4 is 15.0 Å². The zero-order valence-corrected chi connectivity index (χ0v) is 15.6. The van der Waals surface area contributed by atoms with E-state index in [0.717, 1.165) is 11.3 Å². The SMILES string of the molecule is CCOc1ccccc1N(CCNC(=O)Cc1ccc(C)cc1)C(C)=O. The van der Waals surface area contributed by atoms with Crippen LogP contribution in [0.5, 0.6) is 5.75 Å². The number of carbonyl (C=O) groups excluding carboxylic acids is 2. The van der Waals surface area contributed by atoms with E-state index < -0.39 is 0 Å². The molecule has 0 unspecified atom stereocenters. The molecule has 0 atom stereocenters. The summed E-state index contributed by atoms with van der Waals surface area (Å²) in [5.41, 5.74) is 2.85. The summed E-state index contributed by atoms with van der Waals surface area (Å²) in [6.07, 6.45) is 0.329. The van der Waals surface area contributed by atoms with Crippen molar-refractivity contribution in [2.24, 2.45) is 0 Å². The molecule has 5 heteroatoms. The maximum absolute atomic E-state index is 12.1. The maximum atomic E-state index is 12.1. The van der Waals surface area contributed by atoms with Crippen molar-refractivity contribution in [1.82, 2.24) is 5.32 Å². The Morgan fingerprint density at radius 2 is 1.77 bits per heavy atom. The lowest BCUT2D eigenvalue weighted by atomic mass is 10.1. The summed E-state index contributed by atoms with van der Waals surface area (Å²) in [6, 6.07) is 15.3. The van der Waals surface area contributed by atoms with E-state index >= 15 is 0 Å². The number of amides is 2. The van der Waals surface area contributed by atoms with Gasteiger partial charge in [-0.1, -0.05) is 42.0 Å². The number of hydrogen-bond acceptors (Lipinski definition) is 3. The number of nitrogens with one attached hydrogen (secondary N) is 1. The fraction of sp³-hybridized carbons (Fsp3) is 0.333. The fourth-order valence-electron chi connectivity index (χ4n) is 2.67. The Morgan fingerprint density at radius 1 is 1.08 bits per heavy atom. The van der Waals surface area contributed by atoms with Crippen LogP contribution in [-0.4, -0.2) is 31.5 Å². The van der Waals surface area contributed by atoms with E-state index in [4.69, 9.17) is 4.74 Å². The van der Waals surface area contributed by atoms with Crippen molar-refractivity contribution < 1.29 is 14.3 Å². The first-order valence-electron chi connectivity index (χ1n) is 8.83. The summed E-state index contributed by atoms with van der Waals surface area (Å²) in [4.78, 5) is 25.8. The van der Waals surface area contributed by atoms with Gasteiger partial charge in [-0.2, -0.15) is 0 Å². The molecule has 5 nitrogen and oxygen atoms in total. The van der Waals surface area contributed by atoms with Gasteiger partial charge in [0, 0.05) is 20.0 Å². The number of nitrogens with zero attached hydrogens (tertiary/aromatic N) is 1. The van der Waals surface area contributed by atoms with Gasteiger partial charge in [0.15, 0.2) is 0 Å². The molecule has 0 aliphatic carbocycles. The Hall–Kier alpha value is -2.82. The average molecular weight is 354 g/mol. The molecule has 0 heterocycles. The van der Waals surface area contributed by atoms with Crippen LogP contribution in [0, 0.1) is 6.92 Å². The minimum Gasteiger partial charge on any atom is -0.492 e. The van der Waals surface area contributed by atoms with Crippen molar-refractivity contribution in [1.29, 1.82) is 0 Å². The van der Waals surface area contributed by atoms with Gasteiger partial charge in [0.05, 0.1) is 18.7 Å². The molecule has 0 saturated carbocycles. The van der Waals surface area contributed by atoms with Gasteiger partial charge >= 0.3 is 0 Å². The number of hydrogen-bond donors (Lipinski definition) is 1. The van der Waals surface area contributed by atoms with E-state index in [9.17, 15) is 9.59 Å². The third-order valence-corrected chi connectivity index (χ3v) is 3.98. The van der Waals surface area contributed by atoms with Crippen LogP contribution in [0.1, 0.15) is 25.0 Å². The highest BCUT2D eigenvalue weighted by Crippen LogP contribution is 2.27. The van der Waals surface area contributed by atoms with Crippen molar-refractivity contribution in [3.8, 4) is 5.75 Å². The second-order valence-electron chi connectivity index (χ2n) is 6.08. The molecule has 0 spiro atoms. The van der Waals surface area contributed by atoms with Gasteiger partial charge in [-0.3, -0.25) is 9.59 Å². The van der Waals surface area contributed by atoms with Gasteiger partial charge in [0.1, 0.15) is 5.75 Å². The number of aryl methyl sites for hydroxylation is 1. The predicted molar refractivity (Wildman–Crippen MR) is 104 cm³/mol. The summed E-state index contributed by atoms with van der Waals surface area (Å²) in [5.74, 6) is 0.511. The lowest BCUT2D eigenvalue weighted by Crippen LogP contribution is -2.38. The molecule has 0 aliphatic rings. The monoisotopic (exact) mass is 354 g/mol. The zero-order chi connectivity index (χ0) is 18.9. The minimum atomic E-state index is -0.0927. The first-order chi connectivity index (χ1) is 12.5. The molecule has 0 fully saturated rings. The molecule has 0 radical (unpaired) electrons. The Balaban J connectivity index is 1.93. The standard InChI is InChI=1S/C21H26N2O3/c1-4-26-20-8-6-5-7-19(20)23(17(3)24)14-13-22-21(25)15-18-11-9-16(2)10-12-18/h5-12H,4,13-15H2,1-3H3,(H,22,25). The number of anilines is 1. The lowest BCUT2D eigenvalue weighted by Gasteiger charge is -2.23. The number of ether oxygens (including phenoxy) is 1. The van der Waals surface area contributed by atoms with Crippen LogP contribution in [-0.2, 0) is 16.0 Å². The Labute approximate surface area is 155 Å². The highest BCUT2D eigenvalue weighted by Gasteiger charge is 2.16. The highest BCUT2D eigenvalue weighted by atomic mass is 16.5. The molecule has 2 aromatic carbocycles. The summed E-state index contributed by atoms with van der Waals surface area (Å²) in [7, 11) is 0. The zero-order valence-electron chi connectivity index (χ0n) is 15.6. The second-order valence-corrected chi connectivity index (χ2v) is 6.08. The van der Waals surface area contributed by atoms with Crippen molar-refractivity contribution in [3.05, 3.63) is 59.7 Å². The maximum Gasteiger partial charge on any atom is 0.224 e. The third kappa shape index (κ3) is 5.62. The summed E-state index contributed by atoms with van der Waals surface area (Å²) < 4.78 is 5.60. The summed E-state index contributed by atoms with van der Waals surface area (Å²) >= 11 is 0. The number of benzene rings is 2. The molecule has 138 valence electrons. The molecule has 2 amide bonds. The van der Waals surface area contributed by atoms with Crippen LogP contribution in [0.15, 0.2) is 48.5 Å². The van der Waals surface area contributed by atoms with Crippen molar-refractivity contribution in [2.75, 3.05) is 24.6 Å². The van der Waals surface area contributed by atoms with Gasteiger partial charge in [-0.15, -0.1) is 0 Å². The lowest BCUT2D eigenvalue weighted by molar-refractivity contribution is -0.121. The normalized spacial score (nSPS) is 10.3. The molecule has 0 saturated heterocycles. The molecular formula is C21H26N2O3. The molecule has 0 bridgehead atoms. The van der Waals surface area contributed by atoms with Gasteiger partial charge in [-0.05, 0) is 31.5 Å². The Morgan fingerprint density at radius 3 is 2.42 bits per heavy atom. The van der Waals surface area contributed by atoms with E-state index in [-0.39, 0.29) is 11.8 Å². The molecule has 2 rings (SSSR count). The predicted octanol–water partition coefficient (Wildman–Crippen LogP) is 3.11. The van der Waals surface area contributed by atoms with E-state index in [2.05, 4.69) is 5.32 Å². The van der Waals surface area contributed by atoms with Crippen molar-refractivity contribution in [3.63, 3.8) is 0 Å². The molecule has 1 N–H and O–H groups in total. The van der Waals surface area contributed by atoms with E-state index in [1.54, 1.807) is 4.90 Å². The second kappa shape index (κ2) is 9.61. The summed E-state index contributed by atoms with van der Waals surface area (Å²) in [6.45, 7) is 6.72. The largest absolute Gasteiger partial charge is 0.492 e. The molecule has 26 heavy (non-hydrogen) atoms. The van der Waals surface area contributed by atoms with E-state index in [1.807, 2.05) is 62.4 Å². The van der Waals surface area contributed by atoms with Crippen LogP contribution in [0.3, 0.4) is 0 Å². The Bertz CT molecular complexity index is 741. The number of carbonyl (C=O) groups is 2. The number of para-hydroxylation sites is 2. The fourth-order valence-corrected chi connectivity index (χ4v) is 2.67. The quantitative estimate of drug-likeness (QED) is 0.792. The minimum absolute atomic E-state index is 0.0598. The van der Waals surface area contributed by atoms with Crippen molar-refractivity contribution >= 4 is 17.5 Å². The van der Waals surface area contributed by atoms with Crippen LogP contribution in [0.25, 0.3) is 0 Å². The van der Waals surface area contributed by atoms with E-state index in [1.165, 1.54) is 12.5 Å².